The lowest BCUT2D eigenvalue weighted by atomic mass is 9.95. The molecule has 18 heavy (non-hydrogen) atoms. The fourth-order valence-electron chi connectivity index (χ4n) is 2.81. The standard InChI is InChI=1S/C16H25NO/c1-11(2)8-14(17)9-12-6-5-7-13-10-16(3,4)18-15(12)13/h5-7,11,14H,8-10,17H2,1-4H3. The second kappa shape index (κ2) is 4.93. The zero-order valence-corrected chi connectivity index (χ0v) is 12.0. The molecule has 2 rings (SSSR count). The number of ether oxygens (including phenoxy) is 1. The van der Waals surface area contributed by atoms with E-state index in [1.54, 1.807) is 0 Å². The van der Waals surface area contributed by atoms with Crippen LogP contribution in [0.1, 0.15) is 45.2 Å². The zero-order chi connectivity index (χ0) is 13.3. The van der Waals surface area contributed by atoms with Crippen LogP contribution in [0.15, 0.2) is 18.2 Å². The minimum absolute atomic E-state index is 0.0689. The maximum Gasteiger partial charge on any atom is 0.126 e. The van der Waals surface area contributed by atoms with Crippen molar-refractivity contribution in [3.63, 3.8) is 0 Å². The summed E-state index contributed by atoms with van der Waals surface area (Å²) in [6.07, 6.45) is 2.97. The molecule has 1 aromatic rings. The Hall–Kier alpha value is -1.02. The first-order valence-electron chi connectivity index (χ1n) is 6.93. The van der Waals surface area contributed by atoms with Gasteiger partial charge in [0.2, 0.25) is 0 Å². The monoisotopic (exact) mass is 247 g/mol. The highest BCUT2D eigenvalue weighted by Crippen LogP contribution is 2.38. The number of nitrogens with two attached hydrogens (primary N) is 1. The van der Waals surface area contributed by atoms with Gasteiger partial charge >= 0.3 is 0 Å². The molecule has 0 spiro atoms. The average Bonchev–Trinajstić information content (AvgIpc) is 2.52. The molecule has 0 aliphatic carbocycles. The lowest BCUT2D eigenvalue weighted by Gasteiger charge is -2.20. The van der Waals surface area contributed by atoms with E-state index in [-0.39, 0.29) is 11.6 Å². The van der Waals surface area contributed by atoms with Crippen LogP contribution in [-0.2, 0) is 12.8 Å². The third-order valence-electron chi connectivity index (χ3n) is 3.43. The molecule has 1 unspecified atom stereocenters. The highest BCUT2D eigenvalue weighted by Gasteiger charge is 2.31. The molecule has 1 aliphatic rings. The van der Waals surface area contributed by atoms with E-state index < -0.39 is 0 Å². The van der Waals surface area contributed by atoms with Crippen LogP contribution in [0.5, 0.6) is 5.75 Å². The highest BCUT2D eigenvalue weighted by molar-refractivity contribution is 5.46. The van der Waals surface area contributed by atoms with Crippen LogP contribution in [0.4, 0.5) is 0 Å². The number of hydrogen-bond acceptors (Lipinski definition) is 2. The van der Waals surface area contributed by atoms with E-state index in [0.29, 0.717) is 5.92 Å². The fourth-order valence-corrected chi connectivity index (χ4v) is 2.81. The molecule has 1 atom stereocenters. The summed E-state index contributed by atoms with van der Waals surface area (Å²) in [6, 6.07) is 6.67. The number of benzene rings is 1. The van der Waals surface area contributed by atoms with Crippen molar-refractivity contribution >= 4 is 0 Å². The molecular weight excluding hydrogens is 222 g/mol. The van der Waals surface area contributed by atoms with E-state index in [4.69, 9.17) is 10.5 Å². The predicted octanol–water partition coefficient (Wildman–Crippen LogP) is 3.32. The lowest BCUT2D eigenvalue weighted by molar-refractivity contribution is 0.137. The quantitative estimate of drug-likeness (QED) is 0.886. The molecular formula is C16H25NO. The molecule has 0 saturated heterocycles. The van der Waals surface area contributed by atoms with Gasteiger partial charge in [-0.1, -0.05) is 32.0 Å². The van der Waals surface area contributed by atoms with Crippen molar-refractivity contribution in [2.45, 2.75) is 58.6 Å². The summed E-state index contributed by atoms with van der Waals surface area (Å²) in [5.74, 6) is 1.73. The van der Waals surface area contributed by atoms with E-state index in [1.807, 2.05) is 0 Å². The maximum atomic E-state index is 6.21. The van der Waals surface area contributed by atoms with Crippen molar-refractivity contribution < 1.29 is 4.74 Å². The molecule has 0 bridgehead atoms. The number of para-hydroxylation sites is 1. The molecule has 100 valence electrons. The first-order valence-corrected chi connectivity index (χ1v) is 6.93. The molecule has 2 heteroatoms. The number of fused-ring (bicyclic) bond motifs is 1. The van der Waals surface area contributed by atoms with Gasteiger partial charge in [0.25, 0.3) is 0 Å². The van der Waals surface area contributed by atoms with Crippen LogP contribution in [0, 0.1) is 5.92 Å². The predicted molar refractivity (Wildman–Crippen MR) is 76.0 cm³/mol. The Balaban J connectivity index is 2.14. The second-order valence-corrected chi connectivity index (χ2v) is 6.54. The van der Waals surface area contributed by atoms with Crippen molar-refractivity contribution in [3.05, 3.63) is 29.3 Å². The molecule has 0 amide bonds. The van der Waals surface area contributed by atoms with Gasteiger partial charge in [-0.05, 0) is 43.7 Å². The molecule has 0 radical (unpaired) electrons. The average molecular weight is 247 g/mol. The van der Waals surface area contributed by atoms with E-state index in [9.17, 15) is 0 Å². The van der Waals surface area contributed by atoms with Gasteiger partial charge in [-0.25, -0.2) is 0 Å². The summed E-state index contributed by atoms with van der Waals surface area (Å²) in [5, 5.41) is 0. The Kier molecular flexibility index (Phi) is 3.67. The third-order valence-corrected chi connectivity index (χ3v) is 3.43. The Bertz CT molecular complexity index is 423. The molecule has 1 aromatic carbocycles. The van der Waals surface area contributed by atoms with Crippen molar-refractivity contribution in [1.29, 1.82) is 0 Å². The van der Waals surface area contributed by atoms with E-state index in [0.717, 1.165) is 25.0 Å². The third kappa shape index (κ3) is 3.05. The van der Waals surface area contributed by atoms with E-state index in [1.165, 1.54) is 11.1 Å². The largest absolute Gasteiger partial charge is 0.487 e. The maximum absolute atomic E-state index is 6.21. The first-order chi connectivity index (χ1) is 8.37. The SMILES string of the molecule is CC(C)CC(N)Cc1cccc2c1OC(C)(C)C2. The summed E-state index contributed by atoms with van der Waals surface area (Å²) >= 11 is 0. The molecule has 1 aliphatic heterocycles. The van der Waals surface area contributed by atoms with Gasteiger partial charge in [-0.15, -0.1) is 0 Å². The van der Waals surface area contributed by atoms with Crippen LogP contribution >= 0.6 is 0 Å². The van der Waals surface area contributed by atoms with Gasteiger partial charge in [0.05, 0.1) is 0 Å². The van der Waals surface area contributed by atoms with Crippen molar-refractivity contribution in [3.8, 4) is 5.75 Å². The minimum atomic E-state index is -0.0689. The Morgan fingerprint density at radius 2 is 2.06 bits per heavy atom. The van der Waals surface area contributed by atoms with E-state index in [2.05, 4.69) is 45.9 Å². The van der Waals surface area contributed by atoms with Crippen LogP contribution < -0.4 is 10.5 Å². The molecule has 1 heterocycles. The molecule has 0 fully saturated rings. The first kappa shape index (κ1) is 13.4. The summed E-state index contributed by atoms with van der Waals surface area (Å²) in [7, 11) is 0. The summed E-state index contributed by atoms with van der Waals surface area (Å²) in [6.45, 7) is 8.72. The lowest BCUT2D eigenvalue weighted by Crippen LogP contribution is -2.26. The molecule has 2 N–H and O–H groups in total. The Labute approximate surface area is 111 Å². The van der Waals surface area contributed by atoms with Crippen LogP contribution in [0.3, 0.4) is 0 Å². The van der Waals surface area contributed by atoms with Gasteiger partial charge < -0.3 is 10.5 Å². The van der Waals surface area contributed by atoms with Gasteiger partial charge in [0.1, 0.15) is 11.4 Å². The Morgan fingerprint density at radius 1 is 1.33 bits per heavy atom. The van der Waals surface area contributed by atoms with Crippen LogP contribution in [-0.4, -0.2) is 11.6 Å². The molecule has 0 aromatic heterocycles. The smallest absolute Gasteiger partial charge is 0.126 e. The van der Waals surface area contributed by atoms with Gasteiger partial charge in [-0.3, -0.25) is 0 Å². The van der Waals surface area contributed by atoms with Gasteiger partial charge in [-0.2, -0.15) is 0 Å². The fraction of sp³-hybridized carbons (Fsp3) is 0.625. The second-order valence-electron chi connectivity index (χ2n) is 6.54. The van der Waals surface area contributed by atoms with Crippen molar-refractivity contribution in [2.75, 3.05) is 0 Å². The molecule has 0 saturated carbocycles. The van der Waals surface area contributed by atoms with Gasteiger partial charge in [0.15, 0.2) is 0 Å². The zero-order valence-electron chi connectivity index (χ0n) is 12.0. The van der Waals surface area contributed by atoms with Crippen LogP contribution in [0.25, 0.3) is 0 Å². The van der Waals surface area contributed by atoms with E-state index >= 15 is 0 Å². The topological polar surface area (TPSA) is 35.2 Å². The highest BCUT2D eigenvalue weighted by atomic mass is 16.5. The van der Waals surface area contributed by atoms with Crippen molar-refractivity contribution in [1.82, 2.24) is 0 Å². The minimum Gasteiger partial charge on any atom is -0.487 e. The summed E-state index contributed by atoms with van der Waals surface area (Å²) < 4.78 is 6.08. The van der Waals surface area contributed by atoms with Gasteiger partial charge in [0, 0.05) is 12.5 Å². The summed E-state index contributed by atoms with van der Waals surface area (Å²) in [4.78, 5) is 0. The number of hydrogen-bond donors (Lipinski definition) is 1. The van der Waals surface area contributed by atoms with Crippen LogP contribution in [0.2, 0.25) is 0 Å². The Morgan fingerprint density at radius 3 is 2.72 bits per heavy atom. The number of rotatable bonds is 4. The normalized spacial score (nSPS) is 18.6. The molecule has 2 nitrogen and oxygen atoms in total. The summed E-state index contributed by atoms with van der Waals surface area (Å²) in [5.41, 5.74) is 8.74. The van der Waals surface area contributed by atoms with Crippen molar-refractivity contribution in [2.24, 2.45) is 11.7 Å².